The lowest BCUT2D eigenvalue weighted by Crippen LogP contribution is -2.20. The van der Waals surface area contributed by atoms with Crippen LogP contribution in [0.4, 0.5) is 13.2 Å². The summed E-state index contributed by atoms with van der Waals surface area (Å²) in [5.41, 5.74) is 1.08. The van der Waals surface area contributed by atoms with Crippen LogP contribution in [-0.4, -0.2) is 28.4 Å². The third kappa shape index (κ3) is 5.12. The molecule has 1 aromatic heterocycles. The lowest BCUT2D eigenvalue weighted by Gasteiger charge is -2.19. The molecule has 0 aliphatic carbocycles. The number of thiazole rings is 1. The van der Waals surface area contributed by atoms with Crippen molar-refractivity contribution in [1.82, 2.24) is 4.98 Å². The third-order valence-corrected chi connectivity index (χ3v) is 7.30. The first kappa shape index (κ1) is 23.1. The molecular formula is C23H16F3NO4S2. The Kier molecular flexibility index (Phi) is 6.31. The molecule has 5 nitrogen and oxygen atoms in total. The number of benzene rings is 2. The monoisotopic (exact) mass is 491 g/mol. The van der Waals surface area contributed by atoms with Crippen LogP contribution in [0.15, 0.2) is 59.0 Å². The molecule has 1 N–H and O–H groups in total. The number of hydrogen-bond donors (Lipinski definition) is 1. The summed E-state index contributed by atoms with van der Waals surface area (Å²) in [4.78, 5) is 29.7. The molecule has 3 aromatic rings. The van der Waals surface area contributed by atoms with E-state index in [-0.39, 0.29) is 18.0 Å². The van der Waals surface area contributed by atoms with E-state index in [1.165, 1.54) is 35.2 Å². The second kappa shape index (κ2) is 9.03. The summed E-state index contributed by atoms with van der Waals surface area (Å²) >= 11 is 2.87. The highest BCUT2D eigenvalue weighted by Crippen LogP contribution is 2.36. The maximum absolute atomic E-state index is 12.8. The standard InChI is InChI=1S/C23H16F3NO4S2/c1-12-19(33-22(27-12)13-2-4-15(5-3-13)23(24,25)26)11-32-16-6-7-18-17(9-16)21(30)14(10-31-18)8-20(28)29/h2-9H,10-11H2,1H3,(H,28,29)/b14-8+. The zero-order valence-electron chi connectivity index (χ0n) is 17.1. The molecule has 0 fully saturated rings. The Morgan fingerprint density at radius 1 is 1.24 bits per heavy atom. The van der Waals surface area contributed by atoms with Gasteiger partial charge in [-0.25, -0.2) is 9.78 Å². The zero-order chi connectivity index (χ0) is 23.8. The summed E-state index contributed by atoms with van der Waals surface area (Å²) in [6.07, 6.45) is -3.53. The van der Waals surface area contributed by atoms with E-state index in [9.17, 15) is 22.8 Å². The van der Waals surface area contributed by atoms with E-state index in [2.05, 4.69) is 4.98 Å². The van der Waals surface area contributed by atoms with E-state index in [0.29, 0.717) is 27.6 Å². The number of aliphatic carboxylic acids is 1. The number of carbonyl (C=O) groups excluding carboxylic acids is 1. The molecule has 170 valence electrons. The van der Waals surface area contributed by atoms with Crippen LogP contribution in [-0.2, 0) is 16.7 Å². The third-order valence-electron chi connectivity index (χ3n) is 4.89. The van der Waals surface area contributed by atoms with Gasteiger partial charge in [0.1, 0.15) is 17.4 Å². The smallest absolute Gasteiger partial charge is 0.416 e. The molecule has 0 spiro atoms. The summed E-state index contributed by atoms with van der Waals surface area (Å²) in [5, 5.41) is 9.55. The van der Waals surface area contributed by atoms with Gasteiger partial charge in [0.25, 0.3) is 0 Å². The molecule has 0 radical (unpaired) electrons. The van der Waals surface area contributed by atoms with E-state index < -0.39 is 17.7 Å². The van der Waals surface area contributed by atoms with Gasteiger partial charge in [-0.3, -0.25) is 4.79 Å². The number of rotatable bonds is 5. The maximum atomic E-state index is 12.8. The number of thioether (sulfide) groups is 1. The summed E-state index contributed by atoms with van der Waals surface area (Å²) in [6.45, 7) is 1.75. The Balaban J connectivity index is 1.50. The minimum Gasteiger partial charge on any atom is -0.488 e. The Bertz CT molecular complexity index is 1260. The van der Waals surface area contributed by atoms with Gasteiger partial charge in [-0.2, -0.15) is 13.2 Å². The molecule has 10 heteroatoms. The quantitative estimate of drug-likeness (QED) is 0.348. The number of carboxylic acids is 1. The molecule has 0 atom stereocenters. The first-order valence-electron chi connectivity index (χ1n) is 9.63. The van der Waals surface area contributed by atoms with Gasteiger partial charge in [-0.05, 0) is 37.3 Å². The van der Waals surface area contributed by atoms with Gasteiger partial charge >= 0.3 is 12.1 Å². The minimum absolute atomic E-state index is 0.0802. The van der Waals surface area contributed by atoms with Gasteiger partial charge < -0.3 is 9.84 Å². The van der Waals surface area contributed by atoms with Crippen molar-refractivity contribution in [2.45, 2.75) is 23.7 Å². The number of nitrogens with zero attached hydrogens (tertiary/aromatic N) is 1. The average Bonchev–Trinajstić information content (AvgIpc) is 3.14. The highest BCUT2D eigenvalue weighted by Gasteiger charge is 2.30. The number of ether oxygens (including phenoxy) is 1. The van der Waals surface area contributed by atoms with Crippen LogP contribution in [0, 0.1) is 6.92 Å². The largest absolute Gasteiger partial charge is 0.488 e. The lowest BCUT2D eigenvalue weighted by atomic mass is 10.0. The topological polar surface area (TPSA) is 76.5 Å². The Morgan fingerprint density at radius 2 is 1.97 bits per heavy atom. The first-order valence-corrected chi connectivity index (χ1v) is 11.4. The molecule has 0 saturated carbocycles. The fourth-order valence-corrected chi connectivity index (χ4v) is 5.34. The van der Waals surface area contributed by atoms with Gasteiger partial charge in [0.2, 0.25) is 0 Å². The summed E-state index contributed by atoms with van der Waals surface area (Å²) < 4.78 is 43.8. The predicted molar refractivity (Wildman–Crippen MR) is 119 cm³/mol. The number of ketones is 1. The zero-order valence-corrected chi connectivity index (χ0v) is 18.7. The Hall–Kier alpha value is -3.11. The second-order valence-electron chi connectivity index (χ2n) is 7.17. The molecule has 2 heterocycles. The number of carboxylic acid groups (broad SMARTS) is 1. The fraction of sp³-hybridized carbons (Fsp3) is 0.174. The van der Waals surface area contributed by atoms with Crippen molar-refractivity contribution in [2.75, 3.05) is 6.61 Å². The lowest BCUT2D eigenvalue weighted by molar-refractivity contribution is -0.137. The van der Waals surface area contributed by atoms with Crippen LogP contribution in [0.25, 0.3) is 10.6 Å². The van der Waals surface area contributed by atoms with Crippen molar-refractivity contribution < 1.29 is 32.6 Å². The predicted octanol–water partition coefficient (Wildman–Crippen LogP) is 6.02. The Labute approximate surface area is 194 Å². The van der Waals surface area contributed by atoms with Crippen LogP contribution >= 0.6 is 23.1 Å². The van der Waals surface area contributed by atoms with Gasteiger partial charge in [0.15, 0.2) is 5.78 Å². The fourth-order valence-electron chi connectivity index (χ4n) is 3.19. The van der Waals surface area contributed by atoms with E-state index >= 15 is 0 Å². The number of Topliss-reactive ketones (excluding diaryl/α,β-unsaturated/α-hetero) is 1. The van der Waals surface area contributed by atoms with Crippen molar-refractivity contribution in [3.05, 3.63) is 75.8 Å². The molecular weight excluding hydrogens is 475 g/mol. The van der Waals surface area contributed by atoms with Crippen molar-refractivity contribution in [3.63, 3.8) is 0 Å². The van der Waals surface area contributed by atoms with Gasteiger partial charge in [-0.1, -0.05) is 12.1 Å². The van der Waals surface area contributed by atoms with Crippen molar-refractivity contribution in [1.29, 1.82) is 0 Å². The van der Waals surface area contributed by atoms with Gasteiger partial charge in [0.05, 0.1) is 16.8 Å². The van der Waals surface area contributed by atoms with Crippen molar-refractivity contribution in [2.24, 2.45) is 0 Å². The van der Waals surface area contributed by atoms with Gasteiger partial charge in [-0.15, -0.1) is 23.1 Å². The van der Waals surface area contributed by atoms with Crippen LogP contribution in [0.2, 0.25) is 0 Å². The summed E-state index contributed by atoms with van der Waals surface area (Å²) in [7, 11) is 0. The molecule has 33 heavy (non-hydrogen) atoms. The van der Waals surface area contributed by atoms with E-state index in [1.807, 2.05) is 13.0 Å². The number of hydrogen-bond acceptors (Lipinski definition) is 6. The number of aromatic nitrogens is 1. The van der Waals surface area contributed by atoms with Gasteiger partial charge in [0, 0.05) is 32.7 Å². The number of fused-ring (bicyclic) bond motifs is 1. The molecule has 1 aliphatic rings. The number of aryl methyl sites for hydroxylation is 1. The van der Waals surface area contributed by atoms with Crippen LogP contribution < -0.4 is 4.74 Å². The first-order chi connectivity index (χ1) is 15.6. The molecule has 0 bridgehead atoms. The van der Waals surface area contributed by atoms with Crippen LogP contribution in [0.3, 0.4) is 0 Å². The molecule has 2 aromatic carbocycles. The number of carbonyl (C=O) groups is 2. The molecule has 0 unspecified atom stereocenters. The molecule has 1 aliphatic heterocycles. The van der Waals surface area contributed by atoms with Crippen LogP contribution in [0.5, 0.6) is 5.75 Å². The number of halogens is 3. The molecule has 4 rings (SSSR count). The Morgan fingerprint density at radius 3 is 2.64 bits per heavy atom. The number of alkyl halides is 3. The average molecular weight is 492 g/mol. The second-order valence-corrected chi connectivity index (χ2v) is 9.31. The van der Waals surface area contributed by atoms with Crippen molar-refractivity contribution in [3.8, 4) is 16.3 Å². The van der Waals surface area contributed by atoms with E-state index in [0.717, 1.165) is 33.7 Å². The highest BCUT2D eigenvalue weighted by atomic mass is 32.2. The highest BCUT2D eigenvalue weighted by molar-refractivity contribution is 7.98. The minimum atomic E-state index is -4.38. The molecule has 0 saturated heterocycles. The van der Waals surface area contributed by atoms with Crippen LogP contribution in [0.1, 0.15) is 26.5 Å². The van der Waals surface area contributed by atoms with E-state index in [1.54, 1.807) is 12.1 Å². The molecule has 0 amide bonds. The van der Waals surface area contributed by atoms with E-state index in [4.69, 9.17) is 9.84 Å². The summed E-state index contributed by atoms with van der Waals surface area (Å²) in [5.74, 6) is -0.624. The SMILES string of the molecule is Cc1nc(-c2ccc(C(F)(F)F)cc2)sc1CSc1ccc2c(c1)C(=O)/C(=C/C(=O)O)CO2. The normalized spacial score (nSPS) is 14.8. The van der Waals surface area contributed by atoms with Crippen molar-refractivity contribution >= 4 is 34.9 Å². The maximum Gasteiger partial charge on any atom is 0.416 e. The summed E-state index contributed by atoms with van der Waals surface area (Å²) in [6, 6.07) is 10.1.